The predicted octanol–water partition coefficient (Wildman–Crippen LogP) is 1.75. The normalized spacial score (nSPS) is 10.0. The molecule has 102 valence electrons. The van der Waals surface area contributed by atoms with Crippen LogP contribution >= 0.6 is 0 Å². The number of anilines is 1. The summed E-state index contributed by atoms with van der Waals surface area (Å²) in [5.41, 5.74) is 8.71. The summed E-state index contributed by atoms with van der Waals surface area (Å²) >= 11 is 0. The molecule has 5 heteroatoms. The molecule has 0 radical (unpaired) electrons. The van der Waals surface area contributed by atoms with Crippen LogP contribution in [0.4, 0.5) is 5.69 Å². The van der Waals surface area contributed by atoms with Crippen LogP contribution in [0.3, 0.4) is 0 Å². The van der Waals surface area contributed by atoms with Crippen molar-refractivity contribution in [3.63, 3.8) is 0 Å². The highest BCUT2D eigenvalue weighted by Gasteiger charge is 2.07. The first-order valence-electron chi connectivity index (χ1n) is 6.02. The highest BCUT2D eigenvalue weighted by molar-refractivity contribution is 5.96. The van der Waals surface area contributed by atoms with Crippen molar-refractivity contribution >= 4 is 17.6 Å². The van der Waals surface area contributed by atoms with Gasteiger partial charge >= 0.3 is 5.97 Å². The molecule has 4 N–H and O–H groups in total. The summed E-state index contributed by atoms with van der Waals surface area (Å²) in [7, 11) is 0. The van der Waals surface area contributed by atoms with Crippen LogP contribution < -0.4 is 11.1 Å². The van der Waals surface area contributed by atoms with Gasteiger partial charge in [0.2, 0.25) is 0 Å². The SMILES string of the molecule is Nc1cccc(-c2ccc(C(=O)NCC(=O)O)cc2)c1. The number of aliphatic carboxylic acids is 1. The lowest BCUT2D eigenvalue weighted by Gasteiger charge is -2.05. The van der Waals surface area contributed by atoms with Crippen molar-refractivity contribution in [1.82, 2.24) is 5.32 Å². The number of hydrogen-bond donors (Lipinski definition) is 3. The fourth-order valence-corrected chi connectivity index (χ4v) is 1.79. The summed E-state index contributed by atoms with van der Waals surface area (Å²) in [6.07, 6.45) is 0. The molecule has 0 saturated heterocycles. The molecule has 0 heterocycles. The van der Waals surface area contributed by atoms with Gasteiger partial charge in [-0.15, -0.1) is 0 Å². The monoisotopic (exact) mass is 270 g/mol. The summed E-state index contributed by atoms with van der Waals surface area (Å²) in [5.74, 6) is -1.48. The average Bonchev–Trinajstić information content (AvgIpc) is 2.45. The quantitative estimate of drug-likeness (QED) is 0.738. The topological polar surface area (TPSA) is 92.4 Å². The van der Waals surface area contributed by atoms with Crippen molar-refractivity contribution < 1.29 is 14.7 Å². The number of carboxylic acids is 1. The van der Waals surface area contributed by atoms with Gasteiger partial charge in [-0.25, -0.2) is 0 Å². The van der Waals surface area contributed by atoms with Crippen molar-refractivity contribution in [3.8, 4) is 11.1 Å². The number of rotatable bonds is 4. The van der Waals surface area contributed by atoms with E-state index in [1.54, 1.807) is 30.3 Å². The zero-order valence-corrected chi connectivity index (χ0v) is 10.7. The minimum absolute atomic E-state index is 0.393. The fourth-order valence-electron chi connectivity index (χ4n) is 1.79. The number of nitrogens with two attached hydrogens (primary N) is 1. The van der Waals surface area contributed by atoms with Crippen LogP contribution in [0.25, 0.3) is 11.1 Å². The number of amides is 1. The Morgan fingerprint density at radius 3 is 2.35 bits per heavy atom. The molecule has 0 fully saturated rings. The lowest BCUT2D eigenvalue weighted by atomic mass is 10.0. The molecule has 2 rings (SSSR count). The van der Waals surface area contributed by atoms with Gasteiger partial charge in [-0.3, -0.25) is 9.59 Å². The second kappa shape index (κ2) is 5.88. The second-order valence-electron chi connectivity index (χ2n) is 4.28. The molecule has 2 aromatic carbocycles. The molecule has 0 aliphatic heterocycles. The number of benzene rings is 2. The van der Waals surface area contributed by atoms with Crippen LogP contribution in [0.2, 0.25) is 0 Å². The van der Waals surface area contributed by atoms with Gasteiger partial charge in [0.25, 0.3) is 5.91 Å². The maximum atomic E-state index is 11.7. The van der Waals surface area contributed by atoms with Crippen LogP contribution in [0, 0.1) is 0 Å². The number of carbonyl (C=O) groups excluding carboxylic acids is 1. The van der Waals surface area contributed by atoms with Crippen molar-refractivity contribution in [2.24, 2.45) is 0 Å². The molecule has 0 bridgehead atoms. The van der Waals surface area contributed by atoms with Gasteiger partial charge < -0.3 is 16.2 Å². The molecule has 2 aromatic rings. The van der Waals surface area contributed by atoms with E-state index in [0.717, 1.165) is 11.1 Å². The molecule has 20 heavy (non-hydrogen) atoms. The molecule has 0 aliphatic rings. The third-order valence-corrected chi connectivity index (χ3v) is 2.77. The molecular weight excluding hydrogens is 256 g/mol. The van der Waals surface area contributed by atoms with Gasteiger partial charge in [-0.2, -0.15) is 0 Å². The summed E-state index contributed by atoms with van der Waals surface area (Å²) in [4.78, 5) is 22.0. The predicted molar refractivity (Wildman–Crippen MR) is 76.3 cm³/mol. The lowest BCUT2D eigenvalue weighted by molar-refractivity contribution is -0.135. The third kappa shape index (κ3) is 3.35. The zero-order chi connectivity index (χ0) is 14.5. The summed E-state index contributed by atoms with van der Waals surface area (Å²) in [6.45, 7) is -0.393. The molecule has 0 saturated carbocycles. The smallest absolute Gasteiger partial charge is 0.322 e. The summed E-state index contributed by atoms with van der Waals surface area (Å²) < 4.78 is 0. The first-order chi connectivity index (χ1) is 9.56. The highest BCUT2D eigenvalue weighted by Crippen LogP contribution is 2.21. The Bertz CT molecular complexity index is 636. The molecule has 0 atom stereocenters. The Hall–Kier alpha value is -2.82. The van der Waals surface area contributed by atoms with Gasteiger partial charge in [0, 0.05) is 11.3 Å². The average molecular weight is 270 g/mol. The molecule has 0 spiro atoms. The molecular formula is C15H14N2O3. The molecule has 0 unspecified atom stereocenters. The Balaban J connectivity index is 2.14. The van der Waals surface area contributed by atoms with E-state index >= 15 is 0 Å². The van der Waals surface area contributed by atoms with E-state index in [9.17, 15) is 9.59 Å². The van der Waals surface area contributed by atoms with E-state index in [2.05, 4.69) is 5.32 Å². The van der Waals surface area contributed by atoms with E-state index < -0.39 is 18.4 Å². The highest BCUT2D eigenvalue weighted by atomic mass is 16.4. The molecule has 0 aromatic heterocycles. The maximum absolute atomic E-state index is 11.7. The number of carboxylic acid groups (broad SMARTS) is 1. The summed E-state index contributed by atoms with van der Waals surface area (Å²) in [6, 6.07) is 14.3. The van der Waals surface area contributed by atoms with Crippen LogP contribution in [-0.2, 0) is 4.79 Å². The maximum Gasteiger partial charge on any atom is 0.322 e. The van der Waals surface area contributed by atoms with Crippen LogP contribution in [-0.4, -0.2) is 23.5 Å². The van der Waals surface area contributed by atoms with Crippen molar-refractivity contribution in [2.45, 2.75) is 0 Å². The largest absolute Gasteiger partial charge is 0.480 e. The van der Waals surface area contributed by atoms with Crippen molar-refractivity contribution in [1.29, 1.82) is 0 Å². The van der Waals surface area contributed by atoms with E-state index in [4.69, 9.17) is 10.8 Å². The molecule has 0 aliphatic carbocycles. The van der Waals surface area contributed by atoms with Gasteiger partial charge in [0.1, 0.15) is 6.54 Å². The Labute approximate surface area is 116 Å². The van der Waals surface area contributed by atoms with Crippen LogP contribution in [0.15, 0.2) is 48.5 Å². The second-order valence-corrected chi connectivity index (χ2v) is 4.28. The van der Waals surface area contributed by atoms with E-state index in [0.29, 0.717) is 11.3 Å². The minimum atomic E-state index is -1.07. The van der Waals surface area contributed by atoms with Crippen molar-refractivity contribution in [2.75, 3.05) is 12.3 Å². The third-order valence-electron chi connectivity index (χ3n) is 2.77. The minimum Gasteiger partial charge on any atom is -0.480 e. The van der Waals surface area contributed by atoms with E-state index in [1.807, 2.05) is 18.2 Å². The summed E-state index contributed by atoms with van der Waals surface area (Å²) in [5, 5.41) is 10.8. The van der Waals surface area contributed by atoms with Gasteiger partial charge in [-0.1, -0.05) is 24.3 Å². The molecule has 1 amide bonds. The van der Waals surface area contributed by atoms with Crippen molar-refractivity contribution in [3.05, 3.63) is 54.1 Å². The standard InChI is InChI=1S/C15H14N2O3/c16-13-3-1-2-12(8-13)10-4-6-11(7-5-10)15(20)17-9-14(18)19/h1-8H,9,16H2,(H,17,20)(H,18,19). The number of hydrogen-bond acceptors (Lipinski definition) is 3. The Kier molecular flexibility index (Phi) is 4.00. The fraction of sp³-hybridized carbons (Fsp3) is 0.0667. The molecule has 5 nitrogen and oxygen atoms in total. The van der Waals surface area contributed by atoms with Gasteiger partial charge in [-0.05, 0) is 35.4 Å². The lowest BCUT2D eigenvalue weighted by Crippen LogP contribution is -2.29. The van der Waals surface area contributed by atoms with Crippen LogP contribution in [0.5, 0.6) is 0 Å². The Morgan fingerprint density at radius 2 is 1.75 bits per heavy atom. The number of carbonyl (C=O) groups is 2. The number of nitrogen functional groups attached to an aromatic ring is 1. The van der Waals surface area contributed by atoms with Gasteiger partial charge in [0.05, 0.1) is 0 Å². The number of nitrogens with one attached hydrogen (secondary N) is 1. The first-order valence-corrected chi connectivity index (χ1v) is 6.02. The van der Waals surface area contributed by atoms with E-state index in [-0.39, 0.29) is 0 Å². The van der Waals surface area contributed by atoms with E-state index in [1.165, 1.54) is 0 Å². The zero-order valence-electron chi connectivity index (χ0n) is 10.7. The van der Waals surface area contributed by atoms with Gasteiger partial charge in [0.15, 0.2) is 0 Å². The first kappa shape index (κ1) is 13.6. The van der Waals surface area contributed by atoms with Crippen LogP contribution in [0.1, 0.15) is 10.4 Å². The Morgan fingerprint density at radius 1 is 1.05 bits per heavy atom.